The molecule has 1 atom stereocenters. The molecule has 0 N–H and O–H groups in total. The summed E-state index contributed by atoms with van der Waals surface area (Å²) in [7, 11) is 0. The molecule has 0 saturated heterocycles. The van der Waals surface area contributed by atoms with Gasteiger partial charge in [0.2, 0.25) is 0 Å². The van der Waals surface area contributed by atoms with E-state index in [4.69, 9.17) is 0 Å². The second-order valence-electron chi connectivity index (χ2n) is 2.44. The third kappa shape index (κ3) is 2.90. The molecule has 0 aliphatic carbocycles. The van der Waals surface area contributed by atoms with Crippen LogP contribution in [-0.4, -0.2) is 24.1 Å². The minimum atomic E-state index is -3.41. The fourth-order valence-corrected chi connectivity index (χ4v) is 0.744. The highest BCUT2D eigenvalue weighted by Crippen LogP contribution is 2.18. The Hall–Kier alpha value is -1.66. The van der Waals surface area contributed by atoms with Crippen LogP contribution in [0, 0.1) is 5.82 Å². The molecule has 3 nitrogen and oxygen atoms in total. The van der Waals surface area contributed by atoms with Crippen LogP contribution in [0.3, 0.4) is 0 Å². The smallest absolute Gasteiger partial charge is 0.304 e. The van der Waals surface area contributed by atoms with E-state index in [0.717, 1.165) is 12.1 Å². The van der Waals surface area contributed by atoms with Crippen molar-refractivity contribution in [3.8, 4) is 5.88 Å². The van der Waals surface area contributed by atoms with Crippen LogP contribution in [0.1, 0.15) is 10.5 Å². The number of halogens is 4. The number of aldehydes is 1. The van der Waals surface area contributed by atoms with Crippen LogP contribution >= 0.6 is 0 Å². The van der Waals surface area contributed by atoms with Crippen LogP contribution in [-0.2, 0) is 0 Å². The summed E-state index contributed by atoms with van der Waals surface area (Å²) in [5.74, 6) is -2.09. The quantitative estimate of drug-likeness (QED) is 0.578. The van der Waals surface area contributed by atoms with E-state index in [2.05, 4.69) is 9.72 Å². The summed E-state index contributed by atoms with van der Waals surface area (Å²) in [6, 6.07) is 1.77. The predicted octanol–water partition coefficient (Wildman–Crippen LogP) is 1.97. The molecular formula is C8H5F4NO2. The number of hydrogen-bond acceptors (Lipinski definition) is 3. The zero-order chi connectivity index (χ0) is 11.4. The zero-order valence-electron chi connectivity index (χ0n) is 7.16. The van der Waals surface area contributed by atoms with Gasteiger partial charge in [-0.05, 0) is 12.1 Å². The van der Waals surface area contributed by atoms with Gasteiger partial charge in [0.15, 0.2) is 12.1 Å². The summed E-state index contributed by atoms with van der Waals surface area (Å²) in [4.78, 5) is 13.4. The molecule has 0 saturated carbocycles. The van der Waals surface area contributed by atoms with Crippen molar-refractivity contribution >= 4 is 6.29 Å². The first-order valence-corrected chi connectivity index (χ1v) is 3.75. The number of rotatable bonds is 4. The van der Waals surface area contributed by atoms with Gasteiger partial charge in [-0.3, -0.25) is 4.79 Å². The maximum absolute atomic E-state index is 12.8. The number of carbonyl (C=O) groups is 1. The molecule has 1 aromatic heterocycles. The average Bonchev–Trinajstić information content (AvgIpc) is 2.21. The highest BCUT2D eigenvalue weighted by atomic mass is 19.3. The highest BCUT2D eigenvalue weighted by Gasteiger charge is 2.23. The molecule has 82 valence electrons. The number of aromatic nitrogens is 1. The molecule has 1 heterocycles. The van der Waals surface area contributed by atoms with Gasteiger partial charge in [-0.15, -0.1) is 0 Å². The molecule has 0 radical (unpaired) electrons. The molecule has 0 bridgehead atoms. The molecule has 1 unspecified atom stereocenters. The predicted molar refractivity (Wildman–Crippen MR) is 41.1 cm³/mol. The first-order valence-electron chi connectivity index (χ1n) is 3.75. The third-order valence-corrected chi connectivity index (χ3v) is 1.38. The van der Waals surface area contributed by atoms with Crippen LogP contribution in [0.4, 0.5) is 17.6 Å². The Morgan fingerprint density at radius 2 is 2.00 bits per heavy atom. The molecule has 1 aromatic rings. The first kappa shape index (κ1) is 11.4. The van der Waals surface area contributed by atoms with Crippen molar-refractivity contribution in [1.82, 2.24) is 4.98 Å². The van der Waals surface area contributed by atoms with Gasteiger partial charge in [-0.25, -0.2) is 18.2 Å². The fraction of sp³-hybridized carbons (Fsp3) is 0.250. The molecule has 0 aromatic carbocycles. The van der Waals surface area contributed by atoms with Crippen molar-refractivity contribution in [3.63, 3.8) is 0 Å². The van der Waals surface area contributed by atoms with Crippen molar-refractivity contribution in [1.29, 1.82) is 0 Å². The highest BCUT2D eigenvalue weighted by molar-refractivity contribution is 5.71. The van der Waals surface area contributed by atoms with Crippen molar-refractivity contribution in [2.45, 2.75) is 12.8 Å². The Labute approximate surface area is 81.7 Å². The summed E-state index contributed by atoms with van der Waals surface area (Å²) < 4.78 is 52.5. The third-order valence-electron chi connectivity index (χ3n) is 1.38. The number of hydrogen-bond donors (Lipinski definition) is 0. The second-order valence-corrected chi connectivity index (χ2v) is 2.44. The molecule has 0 spiro atoms. The van der Waals surface area contributed by atoms with E-state index in [1.807, 2.05) is 0 Å². The molecular weight excluding hydrogens is 218 g/mol. The summed E-state index contributed by atoms with van der Waals surface area (Å²) in [5, 5.41) is 0. The van der Waals surface area contributed by atoms with E-state index in [0.29, 0.717) is 0 Å². The Kier molecular flexibility index (Phi) is 3.59. The summed E-state index contributed by atoms with van der Waals surface area (Å²) in [5.41, 5.74) is -0.243. The van der Waals surface area contributed by atoms with E-state index >= 15 is 0 Å². The number of alkyl halides is 3. The topological polar surface area (TPSA) is 39.2 Å². The molecule has 7 heteroatoms. The zero-order valence-corrected chi connectivity index (χ0v) is 7.16. The number of pyridine rings is 1. The van der Waals surface area contributed by atoms with Gasteiger partial charge in [0, 0.05) is 0 Å². The van der Waals surface area contributed by atoms with Gasteiger partial charge < -0.3 is 4.74 Å². The SMILES string of the molecule is O=Cc1ccc(F)c(OC(F)C(F)F)n1. The maximum atomic E-state index is 12.8. The summed E-state index contributed by atoms with van der Waals surface area (Å²) >= 11 is 0. The van der Waals surface area contributed by atoms with Crippen molar-refractivity contribution in [3.05, 3.63) is 23.6 Å². The van der Waals surface area contributed by atoms with E-state index < -0.39 is 24.5 Å². The molecule has 0 aliphatic rings. The Balaban J connectivity index is 2.88. The molecule has 0 amide bonds. The minimum absolute atomic E-state index is 0.243. The standard InChI is InChI=1S/C8H5F4NO2/c9-5-2-1-4(3-14)13-8(5)15-7(12)6(10)11/h1-3,6-7H. The van der Waals surface area contributed by atoms with Gasteiger partial charge in [0.25, 0.3) is 12.2 Å². The van der Waals surface area contributed by atoms with Gasteiger partial charge in [-0.2, -0.15) is 4.39 Å². The largest absolute Gasteiger partial charge is 0.435 e. The second kappa shape index (κ2) is 4.72. The normalized spacial score (nSPS) is 12.6. The summed E-state index contributed by atoms with van der Waals surface area (Å²) in [6.45, 7) is 0. The summed E-state index contributed by atoms with van der Waals surface area (Å²) in [6.07, 6.45) is -6.14. The van der Waals surface area contributed by atoms with Crippen LogP contribution in [0.25, 0.3) is 0 Å². The molecule has 15 heavy (non-hydrogen) atoms. The van der Waals surface area contributed by atoms with E-state index in [1.54, 1.807) is 0 Å². The number of ether oxygens (including phenoxy) is 1. The molecule has 1 rings (SSSR count). The fourth-order valence-electron chi connectivity index (χ4n) is 0.744. The van der Waals surface area contributed by atoms with E-state index in [-0.39, 0.29) is 12.0 Å². The minimum Gasteiger partial charge on any atom is -0.435 e. The lowest BCUT2D eigenvalue weighted by molar-refractivity contribution is -0.0707. The lowest BCUT2D eigenvalue weighted by Crippen LogP contribution is -2.21. The lowest BCUT2D eigenvalue weighted by Gasteiger charge is -2.09. The van der Waals surface area contributed by atoms with Gasteiger partial charge in [-0.1, -0.05) is 0 Å². The van der Waals surface area contributed by atoms with Crippen molar-refractivity contribution in [2.75, 3.05) is 0 Å². The lowest BCUT2D eigenvalue weighted by atomic mass is 10.3. The first-order chi connectivity index (χ1) is 7.04. The van der Waals surface area contributed by atoms with Crippen molar-refractivity contribution in [2.24, 2.45) is 0 Å². The van der Waals surface area contributed by atoms with Crippen molar-refractivity contribution < 1.29 is 27.1 Å². The van der Waals surface area contributed by atoms with Crippen LogP contribution in [0.5, 0.6) is 5.88 Å². The maximum Gasteiger partial charge on any atom is 0.304 e. The Bertz CT molecular complexity index is 358. The van der Waals surface area contributed by atoms with Crippen LogP contribution in [0.2, 0.25) is 0 Å². The Morgan fingerprint density at radius 3 is 2.53 bits per heavy atom. The number of carbonyl (C=O) groups excluding carboxylic acids is 1. The molecule has 0 aliphatic heterocycles. The average molecular weight is 223 g/mol. The monoisotopic (exact) mass is 223 g/mol. The van der Waals surface area contributed by atoms with Crippen LogP contribution < -0.4 is 4.74 Å². The van der Waals surface area contributed by atoms with Gasteiger partial charge in [0.05, 0.1) is 0 Å². The Morgan fingerprint density at radius 1 is 1.33 bits per heavy atom. The van der Waals surface area contributed by atoms with E-state index in [1.165, 1.54) is 0 Å². The van der Waals surface area contributed by atoms with E-state index in [9.17, 15) is 22.4 Å². The van der Waals surface area contributed by atoms with Gasteiger partial charge >= 0.3 is 6.43 Å². The number of nitrogens with zero attached hydrogens (tertiary/aromatic N) is 1. The van der Waals surface area contributed by atoms with Crippen LogP contribution in [0.15, 0.2) is 12.1 Å². The molecule has 0 fully saturated rings. The van der Waals surface area contributed by atoms with Gasteiger partial charge in [0.1, 0.15) is 5.69 Å².